The fraction of sp³-hybridized carbons (Fsp3) is 0.400. The summed E-state index contributed by atoms with van der Waals surface area (Å²) in [6.45, 7) is 14.5. The molecular formula is C40H50F2N6O4. The van der Waals surface area contributed by atoms with Crippen molar-refractivity contribution in [2.75, 3.05) is 14.2 Å². The Hall–Kier alpha value is -5.26. The second-order valence-electron chi connectivity index (χ2n) is 13.7. The summed E-state index contributed by atoms with van der Waals surface area (Å²) >= 11 is 0. The smallest absolute Gasteiger partial charge is 0.407 e. The van der Waals surface area contributed by atoms with Gasteiger partial charge in [-0.05, 0) is 59.1 Å². The number of aromatic amines is 2. The maximum Gasteiger partial charge on any atom is 0.407 e. The lowest BCUT2D eigenvalue weighted by Crippen LogP contribution is -2.39. The molecule has 10 nitrogen and oxygen atoms in total. The Bertz CT molecular complexity index is 1760. The van der Waals surface area contributed by atoms with Gasteiger partial charge in [0.25, 0.3) is 0 Å². The zero-order valence-electron chi connectivity index (χ0n) is 31.5. The van der Waals surface area contributed by atoms with E-state index in [9.17, 15) is 9.59 Å². The molecule has 0 radical (unpaired) electrons. The first-order valence-electron chi connectivity index (χ1n) is 17.4. The molecule has 0 fully saturated rings. The number of H-pyrrole nitrogens is 2. The third kappa shape index (κ3) is 9.15. The van der Waals surface area contributed by atoms with Crippen LogP contribution in [0.3, 0.4) is 0 Å². The largest absolute Gasteiger partial charge is 0.453 e. The number of rotatable bonds is 13. The van der Waals surface area contributed by atoms with Crippen molar-refractivity contribution in [2.45, 2.75) is 79.3 Å². The summed E-state index contributed by atoms with van der Waals surface area (Å²) < 4.78 is 40.4. The fourth-order valence-electron chi connectivity index (χ4n) is 5.82. The number of aromatic nitrogens is 4. The van der Waals surface area contributed by atoms with Crippen LogP contribution in [-0.4, -0.2) is 58.4 Å². The third-order valence-corrected chi connectivity index (χ3v) is 9.59. The molecular weight excluding hydrogens is 666 g/mol. The van der Waals surface area contributed by atoms with Crippen LogP contribution in [0.25, 0.3) is 33.6 Å². The minimum atomic E-state index is -0.809. The summed E-state index contributed by atoms with van der Waals surface area (Å²) in [5, 5.41) is 5.17. The molecule has 2 aromatic heterocycles. The highest BCUT2D eigenvalue weighted by atomic mass is 19.1. The van der Waals surface area contributed by atoms with Crippen LogP contribution in [-0.2, 0) is 9.47 Å². The minimum absolute atomic E-state index is 0.178. The van der Waals surface area contributed by atoms with Crippen LogP contribution in [0.2, 0.25) is 0 Å². The number of amides is 2. The number of carbonyl (C=O) groups excluding carboxylic acids is 2. The van der Waals surface area contributed by atoms with E-state index >= 15 is 8.78 Å². The second kappa shape index (κ2) is 17.3. The van der Waals surface area contributed by atoms with E-state index in [1.807, 2.05) is 90.1 Å². The third-order valence-electron chi connectivity index (χ3n) is 9.59. The van der Waals surface area contributed by atoms with Gasteiger partial charge in [-0.25, -0.2) is 28.3 Å². The molecule has 0 aliphatic carbocycles. The van der Waals surface area contributed by atoms with Gasteiger partial charge in [-0.1, -0.05) is 90.1 Å². The van der Waals surface area contributed by atoms with Crippen molar-refractivity contribution < 1.29 is 27.8 Å². The van der Waals surface area contributed by atoms with Gasteiger partial charge in [0, 0.05) is 11.8 Å². The zero-order chi connectivity index (χ0) is 38.3. The van der Waals surface area contributed by atoms with Gasteiger partial charge in [0.15, 0.2) is 0 Å². The van der Waals surface area contributed by atoms with Gasteiger partial charge < -0.3 is 30.1 Å². The molecule has 2 aromatic carbocycles. The number of nitrogens with one attached hydrogen (secondary N) is 4. The maximum atomic E-state index is 15.5. The topological polar surface area (TPSA) is 134 Å². The zero-order valence-corrected chi connectivity index (χ0v) is 31.5. The van der Waals surface area contributed by atoms with Crippen molar-refractivity contribution in [3.05, 3.63) is 95.4 Å². The highest BCUT2D eigenvalue weighted by Crippen LogP contribution is 2.33. The number of carbonyl (C=O) groups is 2. The molecule has 4 atom stereocenters. The van der Waals surface area contributed by atoms with Crippen LogP contribution in [0.4, 0.5) is 18.4 Å². The number of imidazole rings is 2. The van der Waals surface area contributed by atoms with Crippen molar-refractivity contribution in [1.82, 2.24) is 30.6 Å². The van der Waals surface area contributed by atoms with Crippen LogP contribution in [0.15, 0.2) is 83.7 Å². The number of hydrogen-bond acceptors (Lipinski definition) is 6. The standard InChI is InChI=1S/C40H50F2N6O4/c1-21(2)35(47-39(49)51-9)33(41)23(5)25(7)37-43-19-31(45-37)29-15-11-27(12-16-29)28-13-17-30(18-14-28)32-20-44-38(46-32)26(8)24(6)34(42)36(22(3)4)48-40(50)52-10/h11-22,25-26,35-36H,1-10H3,(H,43,45)(H,44,46)(H,47,49)(H,48,50)/b33-23-,34-24-/t25-,26-,35+,36+/m1/s1. The molecule has 4 rings (SSSR count). The van der Waals surface area contributed by atoms with Gasteiger partial charge in [-0.3, -0.25) is 0 Å². The second-order valence-corrected chi connectivity index (χ2v) is 13.7. The lowest BCUT2D eigenvalue weighted by atomic mass is 9.94. The molecule has 278 valence electrons. The molecule has 52 heavy (non-hydrogen) atoms. The van der Waals surface area contributed by atoms with Crippen LogP contribution >= 0.6 is 0 Å². The molecule has 0 aliphatic heterocycles. The Morgan fingerprint density at radius 1 is 0.596 bits per heavy atom. The summed E-state index contributed by atoms with van der Waals surface area (Å²) in [6, 6.07) is 14.5. The van der Waals surface area contributed by atoms with Gasteiger partial charge >= 0.3 is 12.2 Å². The lowest BCUT2D eigenvalue weighted by molar-refractivity contribution is 0.162. The molecule has 4 aromatic rings. The Labute approximate surface area is 304 Å². The first-order chi connectivity index (χ1) is 24.7. The predicted molar refractivity (Wildman–Crippen MR) is 200 cm³/mol. The van der Waals surface area contributed by atoms with E-state index in [1.165, 1.54) is 14.2 Å². The normalized spacial score (nSPS) is 15.0. The number of nitrogens with zero attached hydrogens (tertiary/aromatic N) is 2. The van der Waals surface area contributed by atoms with Gasteiger partial charge in [0.2, 0.25) is 0 Å². The van der Waals surface area contributed by atoms with E-state index < -0.39 is 35.9 Å². The number of alkyl carbamates (subject to hydrolysis) is 2. The maximum absolute atomic E-state index is 15.5. The number of benzene rings is 2. The van der Waals surface area contributed by atoms with Crippen LogP contribution < -0.4 is 10.6 Å². The van der Waals surface area contributed by atoms with Gasteiger partial charge in [-0.15, -0.1) is 0 Å². The molecule has 0 spiro atoms. The Morgan fingerprint density at radius 2 is 0.904 bits per heavy atom. The molecule has 12 heteroatoms. The highest BCUT2D eigenvalue weighted by Gasteiger charge is 2.28. The van der Waals surface area contributed by atoms with Crippen LogP contribution in [0.5, 0.6) is 0 Å². The number of ether oxygens (including phenoxy) is 2. The molecule has 0 bridgehead atoms. The summed E-state index contributed by atoms with van der Waals surface area (Å²) in [4.78, 5) is 39.3. The molecule has 0 saturated carbocycles. The SMILES string of the molecule is COC(=O)N[C@H](/C(F)=C(\C)[C@@H](C)c1ncc(-c2ccc(-c3ccc(-c4cnc([C@H](C)/C(C)=C(\F)[C@@H](NC(=O)OC)C(C)C)[nH]4)cc3)cc2)[nH]1)C(C)C. The van der Waals surface area contributed by atoms with E-state index in [4.69, 9.17) is 0 Å². The van der Waals surface area contributed by atoms with Crippen molar-refractivity contribution in [3.63, 3.8) is 0 Å². The van der Waals surface area contributed by atoms with Crippen molar-refractivity contribution in [2.24, 2.45) is 11.8 Å². The number of halogens is 2. The van der Waals surface area contributed by atoms with Crippen molar-refractivity contribution >= 4 is 12.2 Å². The number of allylic oxidation sites excluding steroid dienone is 2. The fourth-order valence-corrected chi connectivity index (χ4v) is 5.82. The molecule has 2 heterocycles. The highest BCUT2D eigenvalue weighted by molar-refractivity contribution is 5.72. The molecule has 0 unspecified atom stereocenters. The van der Waals surface area contributed by atoms with Gasteiger partial charge in [0.05, 0.1) is 50.1 Å². The Kier molecular flexibility index (Phi) is 13.2. The predicted octanol–water partition coefficient (Wildman–Crippen LogP) is 9.59. The van der Waals surface area contributed by atoms with Crippen molar-refractivity contribution in [3.8, 4) is 33.6 Å². The summed E-state index contributed by atoms with van der Waals surface area (Å²) in [5.41, 5.74) is 6.47. The van der Waals surface area contributed by atoms with E-state index in [1.54, 1.807) is 26.2 Å². The lowest BCUT2D eigenvalue weighted by Gasteiger charge is -2.23. The minimum Gasteiger partial charge on any atom is -0.453 e. The molecule has 0 aliphatic rings. The first kappa shape index (κ1) is 39.5. The van der Waals surface area contributed by atoms with E-state index in [0.717, 1.165) is 33.6 Å². The monoisotopic (exact) mass is 716 g/mol. The quantitative estimate of drug-likeness (QED) is 0.109. The summed E-state index contributed by atoms with van der Waals surface area (Å²) in [5.74, 6) is -0.644. The van der Waals surface area contributed by atoms with Crippen LogP contribution in [0, 0.1) is 11.8 Å². The molecule has 4 N–H and O–H groups in total. The Balaban J connectivity index is 1.46. The van der Waals surface area contributed by atoms with E-state index in [0.29, 0.717) is 22.8 Å². The summed E-state index contributed by atoms with van der Waals surface area (Å²) in [7, 11) is 2.50. The van der Waals surface area contributed by atoms with Crippen molar-refractivity contribution in [1.29, 1.82) is 0 Å². The average Bonchev–Trinajstić information content (AvgIpc) is 3.85. The Morgan fingerprint density at radius 3 is 1.19 bits per heavy atom. The van der Waals surface area contributed by atoms with E-state index in [2.05, 4.69) is 40.0 Å². The summed E-state index contributed by atoms with van der Waals surface area (Å²) in [6.07, 6.45) is 2.11. The van der Waals surface area contributed by atoms with Gasteiger partial charge in [0.1, 0.15) is 23.3 Å². The van der Waals surface area contributed by atoms with Gasteiger partial charge in [-0.2, -0.15) is 0 Å². The molecule has 2 amide bonds. The number of hydrogen-bond donors (Lipinski definition) is 4. The molecule has 0 saturated heterocycles. The number of methoxy groups -OCH3 is 2. The average molecular weight is 717 g/mol. The first-order valence-corrected chi connectivity index (χ1v) is 17.4. The van der Waals surface area contributed by atoms with Crippen LogP contribution in [0.1, 0.15) is 78.9 Å². The van der Waals surface area contributed by atoms with E-state index in [-0.39, 0.29) is 23.7 Å².